The molecule has 1 aromatic heterocycles. The third kappa shape index (κ3) is 4.24. The van der Waals surface area contributed by atoms with Gasteiger partial charge in [-0.2, -0.15) is 0 Å². The summed E-state index contributed by atoms with van der Waals surface area (Å²) in [6.45, 7) is 7.06. The van der Waals surface area contributed by atoms with Crippen molar-refractivity contribution in [1.82, 2.24) is 4.98 Å². The minimum atomic E-state index is -0.658. The number of esters is 1. The van der Waals surface area contributed by atoms with Crippen LogP contribution in [0.1, 0.15) is 45.8 Å². The molecular weight excluding hydrogens is 350 g/mol. The third-order valence-corrected chi connectivity index (χ3v) is 4.26. The molecule has 0 aliphatic heterocycles. The summed E-state index contributed by atoms with van der Waals surface area (Å²) in [6, 6.07) is 5.28. The van der Waals surface area contributed by atoms with Crippen LogP contribution in [0.3, 0.4) is 0 Å². The van der Waals surface area contributed by atoms with Crippen molar-refractivity contribution < 1.29 is 14.3 Å². The van der Waals surface area contributed by atoms with Crippen LogP contribution in [0.2, 0.25) is 5.02 Å². The molecule has 2 rings (SSSR count). The number of aromatic nitrogens is 1. The number of halogens is 1. The molecule has 8 heteroatoms. The number of nitrogens with one attached hydrogen (secondary N) is 1. The van der Waals surface area contributed by atoms with Crippen LogP contribution in [0.15, 0.2) is 18.2 Å². The molecule has 128 valence electrons. The molecule has 0 saturated heterocycles. The number of benzene rings is 1. The fourth-order valence-electron chi connectivity index (χ4n) is 1.86. The zero-order chi connectivity index (χ0) is 18.1. The Kier molecular flexibility index (Phi) is 5.15. The molecule has 0 unspecified atom stereocenters. The first-order valence-electron chi connectivity index (χ1n) is 7.14. The molecule has 0 spiro atoms. The van der Waals surface area contributed by atoms with Crippen LogP contribution in [-0.4, -0.2) is 22.5 Å². The molecule has 2 aromatic rings. The Morgan fingerprint density at radius 3 is 2.58 bits per heavy atom. The number of carbonyl (C=O) groups is 2. The number of hydrogen-bond acceptors (Lipinski definition) is 6. The Bertz CT molecular complexity index is 776. The zero-order valence-electron chi connectivity index (χ0n) is 13.8. The number of thiazole rings is 1. The number of carbonyl (C=O) groups excluding carboxylic acids is 2. The van der Waals surface area contributed by atoms with Crippen molar-refractivity contribution in [3.63, 3.8) is 0 Å². The lowest BCUT2D eigenvalue weighted by Gasteiger charge is -2.18. The van der Waals surface area contributed by atoms with Crippen molar-refractivity contribution in [3.8, 4) is 0 Å². The van der Waals surface area contributed by atoms with E-state index in [0.29, 0.717) is 10.7 Å². The van der Waals surface area contributed by atoms with E-state index in [1.807, 2.05) is 13.0 Å². The first kappa shape index (κ1) is 18.2. The standard InChI is InChI=1S/C16H18ClN3O3S/c1-8-6-5-7-9(17)10(8)19-13(21)11-12(18)20-14(24-11)15(22)23-16(2,3)4/h5-7H,18H2,1-4H3,(H,19,21). The van der Waals surface area contributed by atoms with Crippen LogP contribution < -0.4 is 11.1 Å². The number of hydrogen-bond donors (Lipinski definition) is 2. The van der Waals surface area contributed by atoms with Crippen LogP contribution in [0.5, 0.6) is 0 Å². The molecular formula is C16H18ClN3O3S. The fraction of sp³-hybridized carbons (Fsp3) is 0.312. The molecule has 0 radical (unpaired) electrons. The van der Waals surface area contributed by atoms with Crippen molar-refractivity contribution in [2.45, 2.75) is 33.3 Å². The second-order valence-corrected chi connectivity index (χ2v) is 7.53. The van der Waals surface area contributed by atoms with Crippen molar-refractivity contribution in [2.24, 2.45) is 0 Å². The van der Waals surface area contributed by atoms with E-state index >= 15 is 0 Å². The summed E-state index contributed by atoms with van der Waals surface area (Å²) in [5.74, 6) is -1.12. The van der Waals surface area contributed by atoms with Gasteiger partial charge in [0.1, 0.15) is 16.3 Å². The lowest BCUT2D eigenvalue weighted by atomic mass is 10.2. The van der Waals surface area contributed by atoms with E-state index in [4.69, 9.17) is 22.1 Å². The molecule has 0 bridgehead atoms. The summed E-state index contributed by atoms with van der Waals surface area (Å²) in [5, 5.41) is 3.15. The SMILES string of the molecule is Cc1cccc(Cl)c1NC(=O)c1sc(C(=O)OC(C)(C)C)nc1N. The van der Waals surface area contributed by atoms with Crippen molar-refractivity contribution >= 4 is 46.3 Å². The maximum absolute atomic E-state index is 12.4. The number of nitrogens with zero attached hydrogens (tertiary/aromatic N) is 1. The minimum absolute atomic E-state index is 0.0249. The highest BCUT2D eigenvalue weighted by molar-refractivity contribution is 7.16. The molecule has 1 heterocycles. The van der Waals surface area contributed by atoms with E-state index in [-0.39, 0.29) is 15.7 Å². The number of anilines is 2. The van der Waals surface area contributed by atoms with E-state index in [0.717, 1.165) is 16.9 Å². The van der Waals surface area contributed by atoms with Crippen LogP contribution in [-0.2, 0) is 4.74 Å². The van der Waals surface area contributed by atoms with Crippen LogP contribution in [0, 0.1) is 6.92 Å². The van der Waals surface area contributed by atoms with Gasteiger partial charge in [0.2, 0.25) is 5.01 Å². The normalized spacial score (nSPS) is 11.2. The first-order valence-corrected chi connectivity index (χ1v) is 8.34. The van der Waals surface area contributed by atoms with Crippen LogP contribution in [0.4, 0.5) is 11.5 Å². The zero-order valence-corrected chi connectivity index (χ0v) is 15.3. The van der Waals surface area contributed by atoms with E-state index in [2.05, 4.69) is 10.3 Å². The molecule has 3 N–H and O–H groups in total. The predicted molar refractivity (Wildman–Crippen MR) is 95.8 cm³/mol. The lowest BCUT2D eigenvalue weighted by Crippen LogP contribution is -2.23. The number of ether oxygens (including phenoxy) is 1. The highest BCUT2D eigenvalue weighted by atomic mass is 35.5. The lowest BCUT2D eigenvalue weighted by molar-refractivity contribution is 0.00692. The Hall–Kier alpha value is -2.12. The number of amides is 1. The van der Waals surface area contributed by atoms with Gasteiger partial charge in [-0.1, -0.05) is 35.1 Å². The monoisotopic (exact) mass is 367 g/mol. The van der Waals surface area contributed by atoms with Gasteiger partial charge in [-0.15, -0.1) is 0 Å². The predicted octanol–water partition coefficient (Wildman–Crippen LogP) is 3.89. The van der Waals surface area contributed by atoms with Gasteiger partial charge < -0.3 is 15.8 Å². The van der Waals surface area contributed by atoms with E-state index in [1.165, 1.54) is 0 Å². The van der Waals surface area contributed by atoms with Gasteiger partial charge in [-0.05, 0) is 39.3 Å². The smallest absolute Gasteiger partial charge is 0.368 e. The van der Waals surface area contributed by atoms with Gasteiger partial charge in [0, 0.05) is 0 Å². The first-order chi connectivity index (χ1) is 11.1. The Balaban J connectivity index is 2.24. The summed E-state index contributed by atoms with van der Waals surface area (Å²) in [4.78, 5) is 28.5. The number of rotatable bonds is 3. The average Bonchev–Trinajstić information content (AvgIpc) is 2.83. The van der Waals surface area contributed by atoms with E-state index in [9.17, 15) is 9.59 Å². The highest BCUT2D eigenvalue weighted by Crippen LogP contribution is 2.28. The molecule has 0 atom stereocenters. The number of aryl methyl sites for hydroxylation is 1. The maximum Gasteiger partial charge on any atom is 0.368 e. The Morgan fingerprint density at radius 2 is 2.00 bits per heavy atom. The van der Waals surface area contributed by atoms with Gasteiger partial charge in [0.15, 0.2) is 0 Å². The molecule has 0 aliphatic carbocycles. The largest absolute Gasteiger partial charge is 0.455 e. The number of nitrogen functional groups attached to an aromatic ring is 1. The molecule has 6 nitrogen and oxygen atoms in total. The highest BCUT2D eigenvalue weighted by Gasteiger charge is 2.25. The summed E-state index contributed by atoms with van der Waals surface area (Å²) in [7, 11) is 0. The van der Waals surface area contributed by atoms with Crippen molar-refractivity contribution in [2.75, 3.05) is 11.1 Å². The Morgan fingerprint density at radius 1 is 1.33 bits per heavy atom. The molecule has 1 aromatic carbocycles. The number of nitrogens with two attached hydrogens (primary N) is 1. The van der Waals surface area contributed by atoms with E-state index < -0.39 is 17.5 Å². The summed E-state index contributed by atoms with van der Waals surface area (Å²) in [5.41, 5.74) is 6.42. The summed E-state index contributed by atoms with van der Waals surface area (Å²) in [6.07, 6.45) is 0. The van der Waals surface area contributed by atoms with Gasteiger partial charge in [-0.3, -0.25) is 4.79 Å². The van der Waals surface area contributed by atoms with Gasteiger partial charge in [-0.25, -0.2) is 9.78 Å². The molecule has 24 heavy (non-hydrogen) atoms. The molecule has 0 aliphatic rings. The molecule has 0 fully saturated rings. The topological polar surface area (TPSA) is 94.3 Å². The van der Waals surface area contributed by atoms with Crippen LogP contribution >= 0.6 is 22.9 Å². The fourth-order valence-corrected chi connectivity index (χ4v) is 2.89. The third-order valence-electron chi connectivity index (χ3n) is 2.89. The molecule has 1 amide bonds. The Labute approximate surface area is 149 Å². The maximum atomic E-state index is 12.4. The van der Waals surface area contributed by atoms with Gasteiger partial charge >= 0.3 is 5.97 Å². The van der Waals surface area contributed by atoms with E-state index in [1.54, 1.807) is 32.9 Å². The second-order valence-electron chi connectivity index (χ2n) is 6.12. The quantitative estimate of drug-likeness (QED) is 0.802. The minimum Gasteiger partial charge on any atom is -0.455 e. The molecule has 0 saturated carbocycles. The van der Waals surface area contributed by atoms with Gasteiger partial charge in [0.05, 0.1) is 10.7 Å². The van der Waals surface area contributed by atoms with Crippen LogP contribution in [0.25, 0.3) is 0 Å². The number of para-hydroxylation sites is 1. The second kappa shape index (κ2) is 6.78. The van der Waals surface area contributed by atoms with Gasteiger partial charge in [0.25, 0.3) is 5.91 Å². The summed E-state index contributed by atoms with van der Waals surface area (Å²) >= 11 is 6.98. The van der Waals surface area contributed by atoms with Crippen molar-refractivity contribution in [3.05, 3.63) is 38.7 Å². The summed E-state index contributed by atoms with van der Waals surface area (Å²) < 4.78 is 5.23. The average molecular weight is 368 g/mol. The van der Waals surface area contributed by atoms with Crippen molar-refractivity contribution in [1.29, 1.82) is 0 Å².